The number of benzene rings is 1. The molecule has 1 atom stereocenters. The van der Waals surface area contributed by atoms with Crippen molar-refractivity contribution in [2.24, 2.45) is 5.92 Å². The van der Waals surface area contributed by atoms with Crippen LogP contribution in [-0.2, 0) is 4.79 Å². The zero-order valence-electron chi connectivity index (χ0n) is 11.1. The highest BCUT2D eigenvalue weighted by molar-refractivity contribution is 5.76. The second-order valence-electron chi connectivity index (χ2n) is 5.25. The molecule has 1 heterocycles. The minimum absolute atomic E-state index is 0.255. The van der Waals surface area contributed by atoms with Gasteiger partial charge in [-0.25, -0.2) is 0 Å². The maximum Gasteiger partial charge on any atom is 0.311 e. The molecule has 1 saturated heterocycles. The predicted molar refractivity (Wildman–Crippen MR) is 71.9 cm³/mol. The summed E-state index contributed by atoms with van der Waals surface area (Å²) in [6.07, 6.45) is 1.90. The summed E-state index contributed by atoms with van der Waals surface area (Å²) in [6.45, 7) is 5.96. The number of piperidine rings is 1. The molecule has 0 saturated carbocycles. The minimum atomic E-state index is -0.690. The standard InChI is InChI=1S/C15H21NO2/c1-10-3-4-13(9-11(10)2)14(15(17)18)12-5-7-16-8-6-12/h3-4,9,12,14,16H,5-8H2,1-2H3,(H,17,18). The Balaban J connectivity index is 2.28. The highest BCUT2D eigenvalue weighted by Crippen LogP contribution is 2.32. The summed E-state index contributed by atoms with van der Waals surface area (Å²) >= 11 is 0. The van der Waals surface area contributed by atoms with Gasteiger partial charge >= 0.3 is 5.97 Å². The molecule has 2 N–H and O–H groups in total. The Morgan fingerprint density at radius 2 is 1.94 bits per heavy atom. The molecule has 1 aromatic carbocycles. The lowest BCUT2D eigenvalue weighted by atomic mass is 9.80. The summed E-state index contributed by atoms with van der Waals surface area (Å²) in [5.74, 6) is -0.789. The van der Waals surface area contributed by atoms with E-state index in [1.165, 1.54) is 11.1 Å². The molecule has 1 fully saturated rings. The van der Waals surface area contributed by atoms with Crippen LogP contribution in [0, 0.1) is 19.8 Å². The average Bonchev–Trinajstić information content (AvgIpc) is 2.35. The fraction of sp³-hybridized carbons (Fsp3) is 0.533. The number of carboxylic acids is 1. The Morgan fingerprint density at radius 1 is 1.28 bits per heavy atom. The van der Waals surface area contributed by atoms with E-state index in [1.54, 1.807) is 0 Å². The first-order valence-electron chi connectivity index (χ1n) is 6.60. The van der Waals surface area contributed by atoms with Crippen LogP contribution in [0.5, 0.6) is 0 Å². The number of nitrogens with one attached hydrogen (secondary N) is 1. The van der Waals surface area contributed by atoms with E-state index >= 15 is 0 Å². The van der Waals surface area contributed by atoms with Gasteiger partial charge in [0, 0.05) is 0 Å². The highest BCUT2D eigenvalue weighted by atomic mass is 16.4. The zero-order valence-corrected chi connectivity index (χ0v) is 11.1. The first-order chi connectivity index (χ1) is 8.59. The van der Waals surface area contributed by atoms with E-state index in [4.69, 9.17) is 0 Å². The van der Waals surface area contributed by atoms with E-state index in [9.17, 15) is 9.90 Å². The van der Waals surface area contributed by atoms with Crippen LogP contribution in [0.15, 0.2) is 18.2 Å². The quantitative estimate of drug-likeness (QED) is 0.862. The van der Waals surface area contributed by atoms with E-state index < -0.39 is 5.97 Å². The highest BCUT2D eigenvalue weighted by Gasteiger charge is 2.30. The second-order valence-corrected chi connectivity index (χ2v) is 5.25. The predicted octanol–water partition coefficient (Wildman–Crippen LogP) is 2.47. The third-order valence-corrected chi connectivity index (χ3v) is 4.01. The van der Waals surface area contributed by atoms with E-state index in [-0.39, 0.29) is 11.8 Å². The van der Waals surface area contributed by atoms with E-state index in [2.05, 4.69) is 12.2 Å². The monoisotopic (exact) mass is 247 g/mol. The zero-order chi connectivity index (χ0) is 13.1. The molecule has 0 bridgehead atoms. The van der Waals surface area contributed by atoms with Gasteiger partial charge in [-0.1, -0.05) is 18.2 Å². The molecule has 0 aromatic heterocycles. The summed E-state index contributed by atoms with van der Waals surface area (Å²) in [7, 11) is 0. The van der Waals surface area contributed by atoms with Crippen LogP contribution in [0.3, 0.4) is 0 Å². The number of hydrogen-bond acceptors (Lipinski definition) is 2. The maximum absolute atomic E-state index is 11.6. The lowest BCUT2D eigenvalue weighted by Gasteiger charge is -2.28. The SMILES string of the molecule is Cc1ccc(C(C(=O)O)C2CCNCC2)cc1C. The molecule has 98 valence electrons. The third-order valence-electron chi connectivity index (χ3n) is 4.01. The Hall–Kier alpha value is -1.35. The van der Waals surface area contributed by atoms with Crippen molar-refractivity contribution in [2.45, 2.75) is 32.6 Å². The van der Waals surface area contributed by atoms with Gasteiger partial charge < -0.3 is 10.4 Å². The topological polar surface area (TPSA) is 49.3 Å². The van der Waals surface area contributed by atoms with Crippen molar-refractivity contribution in [3.63, 3.8) is 0 Å². The van der Waals surface area contributed by atoms with Crippen LogP contribution < -0.4 is 5.32 Å². The number of carboxylic acid groups (broad SMARTS) is 1. The fourth-order valence-corrected chi connectivity index (χ4v) is 2.75. The van der Waals surface area contributed by atoms with Crippen LogP contribution in [-0.4, -0.2) is 24.2 Å². The molecule has 3 nitrogen and oxygen atoms in total. The largest absolute Gasteiger partial charge is 0.481 e. The lowest BCUT2D eigenvalue weighted by molar-refractivity contribution is -0.140. The van der Waals surface area contributed by atoms with Gasteiger partial charge in [0.25, 0.3) is 0 Å². The summed E-state index contributed by atoms with van der Waals surface area (Å²) < 4.78 is 0. The van der Waals surface area contributed by atoms with Crippen LogP contribution in [0.1, 0.15) is 35.4 Å². The van der Waals surface area contributed by atoms with E-state index in [1.807, 2.05) is 25.1 Å². The van der Waals surface area contributed by atoms with Gasteiger partial charge in [0.2, 0.25) is 0 Å². The molecule has 1 aliphatic rings. The molecule has 1 unspecified atom stereocenters. The molecule has 0 spiro atoms. The van der Waals surface area contributed by atoms with Gasteiger partial charge in [0.05, 0.1) is 5.92 Å². The number of aryl methyl sites for hydroxylation is 2. The Labute approximate surface area is 108 Å². The van der Waals surface area contributed by atoms with Gasteiger partial charge in [-0.15, -0.1) is 0 Å². The molecule has 1 aliphatic heterocycles. The van der Waals surface area contributed by atoms with Gasteiger partial charge in [-0.3, -0.25) is 4.79 Å². The van der Waals surface area contributed by atoms with Crippen molar-refractivity contribution in [1.29, 1.82) is 0 Å². The van der Waals surface area contributed by atoms with Gasteiger partial charge in [-0.05, 0) is 62.4 Å². The van der Waals surface area contributed by atoms with Crippen molar-refractivity contribution in [1.82, 2.24) is 5.32 Å². The summed E-state index contributed by atoms with van der Waals surface area (Å²) in [6, 6.07) is 6.04. The fourth-order valence-electron chi connectivity index (χ4n) is 2.75. The normalized spacial score (nSPS) is 18.6. The summed E-state index contributed by atoms with van der Waals surface area (Å²) in [4.78, 5) is 11.6. The van der Waals surface area contributed by atoms with Gasteiger partial charge in [0.15, 0.2) is 0 Å². The van der Waals surface area contributed by atoms with E-state index in [0.29, 0.717) is 0 Å². The third kappa shape index (κ3) is 2.72. The Bertz CT molecular complexity index is 436. The van der Waals surface area contributed by atoms with Crippen LogP contribution >= 0.6 is 0 Å². The number of hydrogen-bond donors (Lipinski definition) is 2. The summed E-state index contributed by atoms with van der Waals surface area (Å²) in [5, 5.41) is 12.8. The Kier molecular flexibility index (Phi) is 4.02. The van der Waals surface area contributed by atoms with E-state index in [0.717, 1.165) is 31.5 Å². The molecule has 3 heteroatoms. The average molecular weight is 247 g/mol. The van der Waals surface area contributed by atoms with Crippen molar-refractivity contribution >= 4 is 5.97 Å². The lowest BCUT2D eigenvalue weighted by Crippen LogP contribution is -2.33. The molecule has 1 aromatic rings. The van der Waals surface area contributed by atoms with Crippen LogP contribution in [0.2, 0.25) is 0 Å². The summed E-state index contributed by atoms with van der Waals surface area (Å²) in [5.41, 5.74) is 3.35. The molecular formula is C15H21NO2. The molecule has 0 amide bonds. The van der Waals surface area contributed by atoms with Crippen molar-refractivity contribution in [3.05, 3.63) is 34.9 Å². The molecule has 0 radical (unpaired) electrons. The van der Waals surface area contributed by atoms with Gasteiger partial charge in [-0.2, -0.15) is 0 Å². The number of rotatable bonds is 3. The first-order valence-corrected chi connectivity index (χ1v) is 6.60. The van der Waals surface area contributed by atoms with Gasteiger partial charge in [0.1, 0.15) is 0 Å². The van der Waals surface area contributed by atoms with Crippen molar-refractivity contribution in [2.75, 3.05) is 13.1 Å². The second kappa shape index (κ2) is 5.53. The van der Waals surface area contributed by atoms with Crippen LogP contribution in [0.4, 0.5) is 0 Å². The Morgan fingerprint density at radius 3 is 2.50 bits per heavy atom. The maximum atomic E-state index is 11.6. The smallest absolute Gasteiger partial charge is 0.311 e. The first kappa shape index (κ1) is 13.1. The minimum Gasteiger partial charge on any atom is -0.481 e. The number of carbonyl (C=O) groups is 1. The molecular weight excluding hydrogens is 226 g/mol. The number of aliphatic carboxylic acids is 1. The van der Waals surface area contributed by atoms with Crippen LogP contribution in [0.25, 0.3) is 0 Å². The molecule has 0 aliphatic carbocycles. The van der Waals surface area contributed by atoms with Crippen molar-refractivity contribution in [3.8, 4) is 0 Å². The molecule has 18 heavy (non-hydrogen) atoms. The molecule has 2 rings (SSSR count). The van der Waals surface area contributed by atoms with Crippen molar-refractivity contribution < 1.29 is 9.90 Å².